The fourth-order valence-electron chi connectivity index (χ4n) is 1.64. The van der Waals surface area contributed by atoms with Crippen LogP contribution in [0.5, 0.6) is 0 Å². The van der Waals surface area contributed by atoms with Crippen LogP contribution >= 0.6 is 0 Å². The van der Waals surface area contributed by atoms with Gasteiger partial charge in [0.15, 0.2) is 0 Å². The quantitative estimate of drug-likeness (QED) is 0.793. The molecule has 1 rings (SSSR count). The number of ether oxygens (including phenoxy) is 1. The smallest absolute Gasteiger partial charge is 0.322 e. The molecule has 0 aliphatic carbocycles. The van der Waals surface area contributed by atoms with Crippen molar-refractivity contribution in [2.75, 3.05) is 7.11 Å². The van der Waals surface area contributed by atoms with E-state index in [0.29, 0.717) is 17.5 Å². The van der Waals surface area contributed by atoms with Crippen LogP contribution in [0.1, 0.15) is 16.7 Å². The average molecular weight is 225 g/mol. The van der Waals surface area contributed by atoms with Crippen LogP contribution in [0.25, 0.3) is 0 Å². The Kier molecular flexibility index (Phi) is 4.01. The first-order chi connectivity index (χ1) is 7.45. The number of methoxy groups -OCH3 is 1. The second-order valence-corrected chi connectivity index (χ2v) is 3.88. The van der Waals surface area contributed by atoms with Crippen LogP contribution in [-0.2, 0) is 16.0 Å². The maximum absolute atomic E-state index is 13.4. The van der Waals surface area contributed by atoms with Gasteiger partial charge < -0.3 is 10.5 Å². The lowest BCUT2D eigenvalue weighted by Crippen LogP contribution is -2.33. The monoisotopic (exact) mass is 225 g/mol. The molecule has 0 aliphatic rings. The van der Waals surface area contributed by atoms with Crippen molar-refractivity contribution in [2.24, 2.45) is 5.73 Å². The number of carbonyl (C=O) groups is 1. The lowest BCUT2D eigenvalue weighted by atomic mass is 10.0. The number of hydrogen-bond acceptors (Lipinski definition) is 3. The molecular formula is C12H16FNO2. The molecule has 1 atom stereocenters. The summed E-state index contributed by atoms with van der Waals surface area (Å²) in [7, 11) is 1.29. The van der Waals surface area contributed by atoms with Gasteiger partial charge in [0.25, 0.3) is 0 Å². The highest BCUT2D eigenvalue weighted by atomic mass is 19.1. The van der Waals surface area contributed by atoms with E-state index in [2.05, 4.69) is 4.74 Å². The lowest BCUT2D eigenvalue weighted by Gasteiger charge is -2.11. The zero-order valence-corrected chi connectivity index (χ0v) is 9.71. The summed E-state index contributed by atoms with van der Waals surface area (Å²) in [5.41, 5.74) is 7.60. The van der Waals surface area contributed by atoms with Crippen molar-refractivity contribution in [3.63, 3.8) is 0 Å². The standard InChI is InChI=1S/C12H16FNO2/c1-7-4-9(5-8(2)11(7)13)6-10(14)12(15)16-3/h4-5,10H,6,14H2,1-3H3/t10-/m0/s1. The van der Waals surface area contributed by atoms with Crippen molar-refractivity contribution >= 4 is 5.97 Å². The molecule has 1 aromatic carbocycles. The first-order valence-corrected chi connectivity index (χ1v) is 5.04. The third kappa shape index (κ3) is 2.79. The van der Waals surface area contributed by atoms with E-state index < -0.39 is 12.0 Å². The highest BCUT2D eigenvalue weighted by Gasteiger charge is 2.15. The van der Waals surface area contributed by atoms with Crippen molar-refractivity contribution in [1.29, 1.82) is 0 Å². The van der Waals surface area contributed by atoms with Crippen LogP contribution in [0.4, 0.5) is 4.39 Å². The summed E-state index contributed by atoms with van der Waals surface area (Å²) in [6.45, 7) is 3.38. The van der Waals surface area contributed by atoms with Crippen molar-refractivity contribution < 1.29 is 13.9 Å². The van der Waals surface area contributed by atoms with Crippen molar-refractivity contribution in [2.45, 2.75) is 26.3 Å². The summed E-state index contributed by atoms with van der Waals surface area (Å²) in [6.07, 6.45) is 0.356. The van der Waals surface area contributed by atoms with Crippen LogP contribution < -0.4 is 5.73 Å². The Labute approximate surface area is 94.4 Å². The molecule has 3 nitrogen and oxygen atoms in total. The van der Waals surface area contributed by atoms with Gasteiger partial charge in [-0.25, -0.2) is 4.39 Å². The van der Waals surface area contributed by atoms with Gasteiger partial charge in [-0.15, -0.1) is 0 Å². The molecule has 0 radical (unpaired) electrons. The number of aryl methyl sites for hydroxylation is 2. The minimum absolute atomic E-state index is 0.213. The van der Waals surface area contributed by atoms with Crippen molar-refractivity contribution in [3.8, 4) is 0 Å². The lowest BCUT2D eigenvalue weighted by molar-refractivity contribution is -0.142. The molecule has 0 saturated carbocycles. The second-order valence-electron chi connectivity index (χ2n) is 3.88. The molecule has 4 heteroatoms. The molecule has 2 N–H and O–H groups in total. The van der Waals surface area contributed by atoms with Gasteiger partial charge in [0, 0.05) is 0 Å². The summed E-state index contributed by atoms with van der Waals surface area (Å²) in [4.78, 5) is 11.1. The van der Waals surface area contributed by atoms with E-state index >= 15 is 0 Å². The van der Waals surface area contributed by atoms with Gasteiger partial charge >= 0.3 is 5.97 Å². The van der Waals surface area contributed by atoms with Gasteiger partial charge in [-0.2, -0.15) is 0 Å². The minimum Gasteiger partial charge on any atom is -0.468 e. The Balaban J connectivity index is 2.86. The molecule has 88 valence electrons. The average Bonchev–Trinajstić information content (AvgIpc) is 2.24. The van der Waals surface area contributed by atoms with E-state index in [9.17, 15) is 9.18 Å². The molecule has 0 fully saturated rings. The number of carbonyl (C=O) groups excluding carboxylic acids is 1. The van der Waals surface area contributed by atoms with Crippen LogP contribution in [0, 0.1) is 19.7 Å². The van der Waals surface area contributed by atoms with E-state index in [-0.39, 0.29) is 5.82 Å². The Morgan fingerprint density at radius 1 is 1.44 bits per heavy atom. The zero-order valence-electron chi connectivity index (χ0n) is 9.71. The van der Waals surface area contributed by atoms with Gasteiger partial charge in [0.1, 0.15) is 11.9 Å². The highest BCUT2D eigenvalue weighted by molar-refractivity contribution is 5.75. The van der Waals surface area contributed by atoms with Gasteiger partial charge in [0.2, 0.25) is 0 Å². The van der Waals surface area contributed by atoms with Gasteiger partial charge in [-0.1, -0.05) is 12.1 Å². The van der Waals surface area contributed by atoms with E-state index in [1.54, 1.807) is 26.0 Å². The number of esters is 1. The third-order valence-electron chi connectivity index (χ3n) is 2.46. The summed E-state index contributed by atoms with van der Waals surface area (Å²) in [5, 5.41) is 0. The third-order valence-corrected chi connectivity index (χ3v) is 2.46. The number of rotatable bonds is 3. The Bertz CT molecular complexity index is 381. The maximum Gasteiger partial charge on any atom is 0.322 e. The summed E-state index contributed by atoms with van der Waals surface area (Å²) in [6, 6.07) is 2.70. The zero-order chi connectivity index (χ0) is 12.3. The van der Waals surface area contributed by atoms with Gasteiger partial charge in [-0.3, -0.25) is 4.79 Å². The fourth-order valence-corrected chi connectivity index (χ4v) is 1.64. The minimum atomic E-state index is -0.700. The van der Waals surface area contributed by atoms with Gasteiger partial charge in [0.05, 0.1) is 7.11 Å². The maximum atomic E-state index is 13.4. The number of benzene rings is 1. The van der Waals surface area contributed by atoms with Crippen molar-refractivity contribution in [1.82, 2.24) is 0 Å². The molecule has 16 heavy (non-hydrogen) atoms. The number of hydrogen-bond donors (Lipinski definition) is 1. The molecule has 0 amide bonds. The van der Waals surface area contributed by atoms with E-state index in [4.69, 9.17) is 5.73 Å². The largest absolute Gasteiger partial charge is 0.468 e. The summed E-state index contributed by atoms with van der Waals surface area (Å²) < 4.78 is 17.9. The van der Waals surface area contributed by atoms with Crippen molar-refractivity contribution in [3.05, 3.63) is 34.6 Å². The van der Waals surface area contributed by atoms with Crippen LogP contribution in [0.2, 0.25) is 0 Å². The first kappa shape index (κ1) is 12.6. The highest BCUT2D eigenvalue weighted by Crippen LogP contribution is 2.15. The molecule has 0 spiro atoms. The van der Waals surface area contributed by atoms with E-state index in [0.717, 1.165) is 5.56 Å². The van der Waals surface area contributed by atoms with Crippen LogP contribution in [0.15, 0.2) is 12.1 Å². The second kappa shape index (κ2) is 5.07. The van der Waals surface area contributed by atoms with Crippen LogP contribution in [-0.4, -0.2) is 19.1 Å². The summed E-state index contributed by atoms with van der Waals surface area (Å²) >= 11 is 0. The molecule has 0 aliphatic heterocycles. The predicted molar refractivity (Wildman–Crippen MR) is 59.6 cm³/mol. The summed E-state index contributed by atoms with van der Waals surface area (Å²) in [5.74, 6) is -0.671. The van der Waals surface area contributed by atoms with E-state index in [1.165, 1.54) is 7.11 Å². The number of halogens is 1. The molecule has 0 aromatic heterocycles. The molecular weight excluding hydrogens is 209 g/mol. The first-order valence-electron chi connectivity index (χ1n) is 5.04. The van der Waals surface area contributed by atoms with E-state index in [1.807, 2.05) is 0 Å². The van der Waals surface area contributed by atoms with Gasteiger partial charge in [-0.05, 0) is 37.0 Å². The molecule has 0 saturated heterocycles. The topological polar surface area (TPSA) is 52.3 Å². The number of nitrogens with two attached hydrogens (primary N) is 1. The molecule has 0 unspecified atom stereocenters. The SMILES string of the molecule is COC(=O)[C@@H](N)Cc1cc(C)c(F)c(C)c1. The molecule has 1 aromatic rings. The Hall–Kier alpha value is -1.42. The van der Waals surface area contributed by atoms with Crippen LogP contribution in [0.3, 0.4) is 0 Å². The Morgan fingerprint density at radius 2 is 1.94 bits per heavy atom. The molecule has 0 heterocycles. The normalized spacial score (nSPS) is 12.3. The fraction of sp³-hybridized carbons (Fsp3) is 0.417. The predicted octanol–water partition coefficient (Wildman–Crippen LogP) is 1.49. The Morgan fingerprint density at radius 3 is 2.38 bits per heavy atom. The molecule has 0 bridgehead atoms.